The van der Waals surface area contributed by atoms with E-state index in [1.54, 1.807) is 7.11 Å². The van der Waals surface area contributed by atoms with Crippen LogP contribution in [0, 0.1) is 0 Å². The Morgan fingerprint density at radius 1 is 1.22 bits per heavy atom. The average molecular weight is 337 g/mol. The molecule has 3 rings (SSSR count). The Morgan fingerprint density at radius 3 is 2.65 bits per heavy atom. The van der Waals surface area contributed by atoms with E-state index >= 15 is 0 Å². The maximum absolute atomic E-state index is 11.8. The lowest BCUT2D eigenvalue weighted by Crippen LogP contribution is -2.46. The van der Waals surface area contributed by atoms with Gasteiger partial charge in [0.1, 0.15) is 5.75 Å². The Hall–Kier alpha value is -1.07. The summed E-state index contributed by atoms with van der Waals surface area (Å²) in [5, 5.41) is 3.58. The second kappa shape index (κ2) is 6.81. The van der Waals surface area contributed by atoms with E-state index in [9.17, 15) is 8.42 Å². The lowest BCUT2D eigenvalue weighted by Gasteiger charge is -2.34. The normalized spacial score (nSPS) is 26.0. The molecule has 1 aromatic rings. The number of hydrogen-bond donors (Lipinski definition) is 1. The largest absolute Gasteiger partial charge is 0.496 e. The second-order valence-electron chi connectivity index (χ2n) is 7.02. The highest BCUT2D eigenvalue weighted by Crippen LogP contribution is 2.44. The van der Waals surface area contributed by atoms with Crippen molar-refractivity contribution in [2.75, 3.05) is 25.2 Å². The first-order chi connectivity index (χ1) is 11.0. The lowest BCUT2D eigenvalue weighted by molar-refractivity contribution is 0.344. The van der Waals surface area contributed by atoms with Crippen LogP contribution < -0.4 is 10.1 Å². The Kier molecular flexibility index (Phi) is 4.97. The fourth-order valence-electron chi connectivity index (χ4n) is 4.20. The van der Waals surface area contributed by atoms with Crippen LogP contribution in [-0.4, -0.2) is 39.6 Å². The molecule has 1 aromatic carbocycles. The molecule has 0 spiro atoms. The summed E-state index contributed by atoms with van der Waals surface area (Å²) in [7, 11) is -1.14. The molecule has 0 bridgehead atoms. The molecular formula is C18H27NO3S. The third-order valence-electron chi connectivity index (χ3n) is 5.43. The monoisotopic (exact) mass is 337 g/mol. The van der Waals surface area contributed by atoms with Crippen molar-refractivity contribution in [2.24, 2.45) is 0 Å². The van der Waals surface area contributed by atoms with Crippen molar-refractivity contribution >= 4 is 9.84 Å². The highest BCUT2D eigenvalue weighted by molar-refractivity contribution is 7.91. The maximum atomic E-state index is 11.8. The molecular weight excluding hydrogens is 310 g/mol. The summed E-state index contributed by atoms with van der Waals surface area (Å²) in [6, 6.07) is 8.37. The van der Waals surface area contributed by atoms with Gasteiger partial charge < -0.3 is 10.1 Å². The SMILES string of the molecule is COc1ccccc1C1(CNC2CCCS(=O)(=O)C2)CCCC1. The van der Waals surface area contributed by atoms with Gasteiger partial charge >= 0.3 is 0 Å². The second-order valence-corrected chi connectivity index (χ2v) is 9.25. The van der Waals surface area contributed by atoms with E-state index in [1.807, 2.05) is 12.1 Å². The zero-order valence-electron chi connectivity index (χ0n) is 13.9. The Morgan fingerprint density at radius 2 is 1.96 bits per heavy atom. The summed E-state index contributed by atoms with van der Waals surface area (Å²) >= 11 is 0. The molecule has 2 aliphatic rings. The van der Waals surface area contributed by atoms with Gasteiger partial charge in [-0.1, -0.05) is 31.0 Å². The average Bonchev–Trinajstić information content (AvgIpc) is 3.02. The molecule has 5 heteroatoms. The molecule has 1 atom stereocenters. The maximum Gasteiger partial charge on any atom is 0.151 e. The van der Waals surface area contributed by atoms with Crippen LogP contribution in [-0.2, 0) is 15.3 Å². The van der Waals surface area contributed by atoms with Gasteiger partial charge in [-0.05, 0) is 31.7 Å². The molecule has 2 fully saturated rings. The molecule has 1 saturated heterocycles. The summed E-state index contributed by atoms with van der Waals surface area (Å²) < 4.78 is 29.3. The molecule has 1 heterocycles. The molecule has 1 N–H and O–H groups in total. The first kappa shape index (κ1) is 16.8. The number of ether oxygens (including phenoxy) is 1. The number of para-hydroxylation sites is 1. The molecule has 1 aliphatic carbocycles. The molecule has 1 saturated carbocycles. The van der Waals surface area contributed by atoms with Crippen molar-refractivity contribution in [3.05, 3.63) is 29.8 Å². The topological polar surface area (TPSA) is 55.4 Å². The van der Waals surface area contributed by atoms with E-state index in [1.165, 1.54) is 18.4 Å². The van der Waals surface area contributed by atoms with Crippen LogP contribution in [0.15, 0.2) is 24.3 Å². The van der Waals surface area contributed by atoms with Crippen molar-refractivity contribution in [1.82, 2.24) is 5.32 Å². The predicted octanol–water partition coefficient (Wildman–Crippen LogP) is 2.67. The van der Waals surface area contributed by atoms with Gasteiger partial charge in [0.2, 0.25) is 0 Å². The molecule has 0 amide bonds. The van der Waals surface area contributed by atoms with E-state index in [2.05, 4.69) is 17.4 Å². The fourth-order valence-corrected chi connectivity index (χ4v) is 5.87. The van der Waals surface area contributed by atoms with E-state index in [0.29, 0.717) is 5.75 Å². The van der Waals surface area contributed by atoms with Gasteiger partial charge in [-0.15, -0.1) is 0 Å². The molecule has 0 radical (unpaired) electrons. The summed E-state index contributed by atoms with van der Waals surface area (Å²) in [6.45, 7) is 0.841. The molecule has 128 valence electrons. The minimum atomic E-state index is -2.86. The highest BCUT2D eigenvalue weighted by Gasteiger charge is 2.38. The summed E-state index contributed by atoms with van der Waals surface area (Å²) in [6.07, 6.45) is 6.47. The third-order valence-corrected chi connectivity index (χ3v) is 7.25. The van der Waals surface area contributed by atoms with Crippen LogP contribution in [0.4, 0.5) is 0 Å². The molecule has 0 aromatic heterocycles. The minimum Gasteiger partial charge on any atom is -0.496 e. The third kappa shape index (κ3) is 3.72. The zero-order valence-corrected chi connectivity index (χ0v) is 14.7. The number of rotatable bonds is 5. The van der Waals surface area contributed by atoms with Crippen molar-refractivity contribution in [3.63, 3.8) is 0 Å². The minimum absolute atomic E-state index is 0.0772. The van der Waals surface area contributed by atoms with Crippen molar-refractivity contribution < 1.29 is 13.2 Å². The van der Waals surface area contributed by atoms with Crippen LogP contribution in [0.2, 0.25) is 0 Å². The predicted molar refractivity (Wildman–Crippen MR) is 92.8 cm³/mol. The number of nitrogens with one attached hydrogen (secondary N) is 1. The van der Waals surface area contributed by atoms with Gasteiger partial charge in [0.05, 0.1) is 18.6 Å². The number of benzene rings is 1. The van der Waals surface area contributed by atoms with Gasteiger partial charge in [0.15, 0.2) is 9.84 Å². The Labute approximate surface area is 139 Å². The smallest absolute Gasteiger partial charge is 0.151 e. The molecule has 23 heavy (non-hydrogen) atoms. The Balaban J connectivity index is 1.76. The van der Waals surface area contributed by atoms with Crippen molar-refractivity contribution in [3.8, 4) is 5.75 Å². The van der Waals surface area contributed by atoms with Crippen LogP contribution in [0.5, 0.6) is 5.75 Å². The van der Waals surface area contributed by atoms with Gasteiger partial charge in [0, 0.05) is 23.6 Å². The standard InChI is InChI=1S/C18H27NO3S/c1-22-17-9-3-2-8-16(17)18(10-4-5-11-18)14-19-15-7-6-12-23(20,21)13-15/h2-3,8-9,15,19H,4-7,10-14H2,1H3. The lowest BCUT2D eigenvalue weighted by atomic mass is 9.78. The van der Waals surface area contributed by atoms with E-state index in [-0.39, 0.29) is 17.2 Å². The summed E-state index contributed by atoms with van der Waals surface area (Å²) in [5.74, 6) is 1.59. The van der Waals surface area contributed by atoms with E-state index in [4.69, 9.17) is 4.74 Å². The number of hydrogen-bond acceptors (Lipinski definition) is 4. The molecule has 4 nitrogen and oxygen atoms in total. The van der Waals surface area contributed by atoms with Crippen LogP contribution in [0.1, 0.15) is 44.1 Å². The summed E-state index contributed by atoms with van der Waals surface area (Å²) in [4.78, 5) is 0. The van der Waals surface area contributed by atoms with Gasteiger partial charge in [-0.3, -0.25) is 0 Å². The highest BCUT2D eigenvalue weighted by atomic mass is 32.2. The van der Waals surface area contributed by atoms with E-state index in [0.717, 1.165) is 38.0 Å². The van der Waals surface area contributed by atoms with Gasteiger partial charge in [-0.2, -0.15) is 0 Å². The van der Waals surface area contributed by atoms with E-state index < -0.39 is 9.84 Å². The van der Waals surface area contributed by atoms with Crippen LogP contribution in [0.3, 0.4) is 0 Å². The zero-order chi connectivity index (χ0) is 16.3. The summed E-state index contributed by atoms with van der Waals surface area (Å²) in [5.41, 5.74) is 1.35. The first-order valence-electron chi connectivity index (χ1n) is 8.62. The fraction of sp³-hybridized carbons (Fsp3) is 0.667. The molecule has 1 aliphatic heterocycles. The van der Waals surface area contributed by atoms with Gasteiger partial charge in [0.25, 0.3) is 0 Å². The van der Waals surface area contributed by atoms with Crippen LogP contribution in [0.25, 0.3) is 0 Å². The van der Waals surface area contributed by atoms with Crippen LogP contribution >= 0.6 is 0 Å². The number of sulfone groups is 1. The quantitative estimate of drug-likeness (QED) is 0.897. The van der Waals surface area contributed by atoms with Crippen molar-refractivity contribution in [1.29, 1.82) is 0 Å². The Bertz CT molecular complexity index is 635. The first-order valence-corrected chi connectivity index (χ1v) is 10.4. The van der Waals surface area contributed by atoms with Crippen molar-refractivity contribution in [2.45, 2.75) is 50.0 Å². The molecule has 1 unspecified atom stereocenters. The van der Waals surface area contributed by atoms with Gasteiger partial charge in [-0.25, -0.2) is 8.42 Å². The number of methoxy groups -OCH3 is 1.